The van der Waals surface area contributed by atoms with Crippen molar-refractivity contribution in [2.45, 2.75) is 26.4 Å². The lowest BCUT2D eigenvalue weighted by atomic mass is 9.96. The van der Waals surface area contributed by atoms with Crippen molar-refractivity contribution in [3.8, 4) is 0 Å². The van der Waals surface area contributed by atoms with Crippen LogP contribution in [-0.2, 0) is 6.54 Å². The summed E-state index contributed by atoms with van der Waals surface area (Å²) in [6, 6.07) is 16.1. The minimum atomic E-state index is -0.892. The molecule has 0 saturated heterocycles. The van der Waals surface area contributed by atoms with Crippen molar-refractivity contribution in [2.24, 2.45) is 0 Å². The third-order valence-electron chi connectivity index (χ3n) is 3.89. The molecule has 112 valence electrons. The van der Waals surface area contributed by atoms with Gasteiger partial charge in [-0.2, -0.15) is 0 Å². The van der Waals surface area contributed by atoms with E-state index in [9.17, 15) is 9.90 Å². The number of rotatable bonds is 4. The van der Waals surface area contributed by atoms with E-state index in [1.165, 1.54) is 10.9 Å². The van der Waals surface area contributed by atoms with Crippen LogP contribution in [0.3, 0.4) is 0 Å². The lowest BCUT2D eigenvalue weighted by Crippen LogP contribution is -2.21. The number of carboxylic acid groups (broad SMARTS) is 1. The van der Waals surface area contributed by atoms with Gasteiger partial charge < -0.3 is 10.4 Å². The van der Waals surface area contributed by atoms with Crippen LogP contribution >= 0.6 is 0 Å². The van der Waals surface area contributed by atoms with Gasteiger partial charge in [0.25, 0.3) is 0 Å². The molecule has 3 nitrogen and oxygen atoms in total. The molecule has 0 spiro atoms. The molecular formula is C19H19NO2. The number of hydrogen-bond acceptors (Lipinski definition) is 2. The maximum atomic E-state index is 11.2. The largest absolute Gasteiger partial charge is 0.478 e. The lowest BCUT2D eigenvalue weighted by molar-refractivity contribution is 0.0697. The summed E-state index contributed by atoms with van der Waals surface area (Å²) in [6.07, 6.45) is 0. The number of aromatic carboxylic acids is 1. The third-order valence-corrected chi connectivity index (χ3v) is 3.89. The van der Waals surface area contributed by atoms with Gasteiger partial charge in [0.1, 0.15) is 0 Å². The lowest BCUT2D eigenvalue weighted by Gasteiger charge is -2.13. The molecule has 0 aliphatic rings. The van der Waals surface area contributed by atoms with Crippen LogP contribution in [0.25, 0.3) is 21.5 Å². The second-order valence-corrected chi connectivity index (χ2v) is 5.86. The second kappa shape index (κ2) is 5.78. The molecule has 3 aromatic rings. The average molecular weight is 293 g/mol. The van der Waals surface area contributed by atoms with Crippen LogP contribution < -0.4 is 5.32 Å². The predicted molar refractivity (Wildman–Crippen MR) is 90.4 cm³/mol. The normalized spacial score (nSPS) is 11.4. The van der Waals surface area contributed by atoms with Gasteiger partial charge in [-0.1, -0.05) is 44.2 Å². The zero-order chi connectivity index (χ0) is 15.7. The van der Waals surface area contributed by atoms with E-state index in [4.69, 9.17) is 0 Å². The van der Waals surface area contributed by atoms with E-state index in [0.29, 0.717) is 11.6 Å². The first kappa shape index (κ1) is 14.5. The Labute approximate surface area is 129 Å². The van der Waals surface area contributed by atoms with E-state index in [1.807, 2.05) is 18.2 Å². The summed E-state index contributed by atoms with van der Waals surface area (Å²) in [5, 5.41) is 17.0. The van der Waals surface area contributed by atoms with Crippen molar-refractivity contribution in [2.75, 3.05) is 0 Å². The fraction of sp³-hybridized carbons (Fsp3) is 0.211. The Morgan fingerprint density at radius 1 is 1.05 bits per heavy atom. The second-order valence-electron chi connectivity index (χ2n) is 5.86. The van der Waals surface area contributed by atoms with Crippen molar-refractivity contribution < 1.29 is 9.90 Å². The summed E-state index contributed by atoms with van der Waals surface area (Å²) < 4.78 is 0. The summed E-state index contributed by atoms with van der Waals surface area (Å²) in [7, 11) is 0. The smallest absolute Gasteiger partial charge is 0.335 e. The van der Waals surface area contributed by atoms with Gasteiger partial charge in [-0.05, 0) is 45.3 Å². The van der Waals surface area contributed by atoms with Gasteiger partial charge in [0.15, 0.2) is 0 Å². The molecule has 0 bridgehead atoms. The fourth-order valence-electron chi connectivity index (χ4n) is 2.77. The Morgan fingerprint density at radius 3 is 2.45 bits per heavy atom. The molecular weight excluding hydrogens is 274 g/mol. The number of carboxylic acids is 1. The molecule has 0 radical (unpaired) electrons. The number of hydrogen-bond donors (Lipinski definition) is 2. The van der Waals surface area contributed by atoms with Crippen LogP contribution in [0.5, 0.6) is 0 Å². The fourth-order valence-corrected chi connectivity index (χ4v) is 2.77. The van der Waals surface area contributed by atoms with Crippen molar-refractivity contribution in [3.63, 3.8) is 0 Å². The third kappa shape index (κ3) is 2.68. The van der Waals surface area contributed by atoms with Crippen molar-refractivity contribution in [1.29, 1.82) is 0 Å². The van der Waals surface area contributed by atoms with Crippen LogP contribution in [0.15, 0.2) is 48.5 Å². The van der Waals surface area contributed by atoms with Gasteiger partial charge in [-0.25, -0.2) is 4.79 Å². The van der Waals surface area contributed by atoms with E-state index in [2.05, 4.69) is 37.4 Å². The predicted octanol–water partition coefficient (Wildman–Crippen LogP) is 4.19. The number of benzene rings is 3. The topological polar surface area (TPSA) is 49.3 Å². The van der Waals surface area contributed by atoms with E-state index < -0.39 is 5.97 Å². The Kier molecular flexibility index (Phi) is 3.82. The van der Waals surface area contributed by atoms with Gasteiger partial charge in [0, 0.05) is 12.6 Å². The van der Waals surface area contributed by atoms with Gasteiger partial charge in [0.2, 0.25) is 0 Å². The molecule has 0 unspecified atom stereocenters. The number of carbonyl (C=O) groups is 1. The molecule has 0 aliphatic heterocycles. The summed E-state index contributed by atoms with van der Waals surface area (Å²) in [4.78, 5) is 11.2. The average Bonchev–Trinajstić information content (AvgIpc) is 2.52. The molecule has 0 aromatic heterocycles. The van der Waals surface area contributed by atoms with Crippen molar-refractivity contribution in [1.82, 2.24) is 5.32 Å². The molecule has 0 aliphatic carbocycles. The first-order valence-electron chi connectivity index (χ1n) is 7.47. The highest BCUT2D eigenvalue weighted by atomic mass is 16.4. The van der Waals surface area contributed by atoms with Crippen molar-refractivity contribution in [3.05, 3.63) is 59.7 Å². The van der Waals surface area contributed by atoms with Gasteiger partial charge in [-0.15, -0.1) is 0 Å². The summed E-state index contributed by atoms with van der Waals surface area (Å²) in [5.74, 6) is -0.892. The molecule has 0 saturated carbocycles. The molecule has 3 heteroatoms. The van der Waals surface area contributed by atoms with Gasteiger partial charge in [-0.3, -0.25) is 0 Å². The zero-order valence-corrected chi connectivity index (χ0v) is 12.8. The molecule has 3 rings (SSSR count). The molecule has 2 N–H and O–H groups in total. The Hall–Kier alpha value is -2.39. The first-order valence-corrected chi connectivity index (χ1v) is 7.47. The highest BCUT2D eigenvalue weighted by molar-refractivity contribution is 6.10. The van der Waals surface area contributed by atoms with Crippen LogP contribution in [0, 0.1) is 0 Å². The minimum absolute atomic E-state index is 0.325. The SMILES string of the molecule is CC(C)NCc1cc2ccc(C(=O)O)cc2c2ccccc12. The Balaban J connectivity index is 2.25. The number of nitrogens with one attached hydrogen (secondary N) is 1. The monoisotopic (exact) mass is 293 g/mol. The van der Waals surface area contributed by atoms with Crippen LogP contribution in [0.1, 0.15) is 29.8 Å². The van der Waals surface area contributed by atoms with E-state index in [0.717, 1.165) is 22.7 Å². The van der Waals surface area contributed by atoms with Crippen LogP contribution in [0.4, 0.5) is 0 Å². The molecule has 0 atom stereocenters. The van der Waals surface area contributed by atoms with Gasteiger partial charge >= 0.3 is 5.97 Å². The first-order chi connectivity index (χ1) is 10.6. The summed E-state index contributed by atoms with van der Waals surface area (Å²) in [5.41, 5.74) is 1.56. The van der Waals surface area contributed by atoms with E-state index >= 15 is 0 Å². The van der Waals surface area contributed by atoms with Crippen LogP contribution in [0.2, 0.25) is 0 Å². The Bertz CT molecular complexity index is 853. The molecule has 0 amide bonds. The highest BCUT2D eigenvalue weighted by Gasteiger charge is 2.09. The molecule has 0 heterocycles. The van der Waals surface area contributed by atoms with Crippen LogP contribution in [-0.4, -0.2) is 17.1 Å². The highest BCUT2D eigenvalue weighted by Crippen LogP contribution is 2.29. The van der Waals surface area contributed by atoms with Gasteiger partial charge in [0.05, 0.1) is 5.56 Å². The Morgan fingerprint density at radius 2 is 1.77 bits per heavy atom. The maximum absolute atomic E-state index is 11.2. The quantitative estimate of drug-likeness (QED) is 0.709. The standard InChI is InChI=1S/C19H19NO2/c1-12(2)20-11-15-9-13-7-8-14(19(21)22)10-18(13)17-6-4-3-5-16(15)17/h3-10,12,20H,11H2,1-2H3,(H,21,22). The minimum Gasteiger partial charge on any atom is -0.478 e. The molecule has 0 fully saturated rings. The molecule has 3 aromatic carbocycles. The van der Waals surface area contributed by atoms with E-state index in [1.54, 1.807) is 12.1 Å². The van der Waals surface area contributed by atoms with Crippen molar-refractivity contribution >= 4 is 27.5 Å². The zero-order valence-electron chi connectivity index (χ0n) is 12.8. The van der Waals surface area contributed by atoms with E-state index in [-0.39, 0.29) is 0 Å². The number of fused-ring (bicyclic) bond motifs is 3. The summed E-state index contributed by atoms with van der Waals surface area (Å²) in [6.45, 7) is 5.06. The molecule has 22 heavy (non-hydrogen) atoms. The summed E-state index contributed by atoms with van der Waals surface area (Å²) >= 11 is 0. The maximum Gasteiger partial charge on any atom is 0.335 e.